The normalized spacial score (nSPS) is 34.2. The fourth-order valence-corrected chi connectivity index (χ4v) is 1.59. The van der Waals surface area contributed by atoms with Crippen molar-refractivity contribution < 1.29 is 4.74 Å². The average molecular weight is 143 g/mol. The van der Waals surface area contributed by atoms with Gasteiger partial charge in [0.2, 0.25) is 0 Å². The van der Waals surface area contributed by atoms with Gasteiger partial charge >= 0.3 is 0 Å². The van der Waals surface area contributed by atoms with Crippen molar-refractivity contribution in [2.24, 2.45) is 11.7 Å². The molecule has 2 N–H and O–H groups in total. The zero-order valence-electron chi connectivity index (χ0n) is 6.68. The van der Waals surface area contributed by atoms with Gasteiger partial charge in [-0.05, 0) is 31.6 Å². The fourth-order valence-electron chi connectivity index (χ4n) is 1.59. The van der Waals surface area contributed by atoms with E-state index in [1.807, 2.05) is 0 Å². The van der Waals surface area contributed by atoms with Crippen molar-refractivity contribution in [2.75, 3.05) is 13.7 Å². The zero-order valence-corrected chi connectivity index (χ0v) is 6.68. The molecule has 2 nitrogen and oxygen atoms in total. The summed E-state index contributed by atoms with van der Waals surface area (Å²) < 4.78 is 5.08. The highest BCUT2D eigenvalue weighted by Crippen LogP contribution is 2.22. The Hall–Kier alpha value is -0.0800. The van der Waals surface area contributed by atoms with Crippen LogP contribution >= 0.6 is 0 Å². The molecule has 0 atom stereocenters. The van der Waals surface area contributed by atoms with Crippen LogP contribution in [0.15, 0.2) is 0 Å². The highest BCUT2D eigenvalue weighted by atomic mass is 16.5. The number of ether oxygens (including phenoxy) is 1. The van der Waals surface area contributed by atoms with E-state index in [2.05, 4.69) is 0 Å². The van der Waals surface area contributed by atoms with E-state index in [0.29, 0.717) is 6.04 Å². The summed E-state index contributed by atoms with van der Waals surface area (Å²) in [6, 6.07) is 0.466. The molecule has 1 aliphatic rings. The van der Waals surface area contributed by atoms with Crippen molar-refractivity contribution in [3.63, 3.8) is 0 Å². The van der Waals surface area contributed by atoms with E-state index in [4.69, 9.17) is 10.5 Å². The Bertz CT molecular complexity index is 87.3. The topological polar surface area (TPSA) is 35.2 Å². The third-order valence-electron chi connectivity index (χ3n) is 2.29. The largest absolute Gasteiger partial charge is 0.384 e. The summed E-state index contributed by atoms with van der Waals surface area (Å²) in [7, 11) is 1.77. The Kier molecular flexibility index (Phi) is 3.16. The molecular weight excluding hydrogens is 126 g/mol. The number of nitrogens with two attached hydrogens (primary N) is 1. The second-order valence-corrected chi connectivity index (χ2v) is 3.24. The van der Waals surface area contributed by atoms with Crippen LogP contribution in [0, 0.1) is 5.92 Å². The smallest absolute Gasteiger partial charge is 0.0490 e. The molecule has 1 aliphatic carbocycles. The summed E-state index contributed by atoms with van der Waals surface area (Å²) in [5.74, 6) is 0.782. The maximum atomic E-state index is 5.75. The second-order valence-electron chi connectivity index (χ2n) is 3.24. The quantitative estimate of drug-likeness (QED) is 0.629. The van der Waals surface area contributed by atoms with Gasteiger partial charge in [0.1, 0.15) is 0 Å². The molecule has 10 heavy (non-hydrogen) atoms. The zero-order chi connectivity index (χ0) is 7.40. The minimum Gasteiger partial charge on any atom is -0.384 e. The molecule has 0 unspecified atom stereocenters. The first kappa shape index (κ1) is 8.02. The molecule has 0 aromatic rings. The maximum Gasteiger partial charge on any atom is 0.0490 e. The first-order chi connectivity index (χ1) is 4.83. The molecule has 0 saturated heterocycles. The van der Waals surface area contributed by atoms with Crippen LogP contribution < -0.4 is 5.73 Å². The summed E-state index contributed by atoms with van der Waals surface area (Å²) in [4.78, 5) is 0. The van der Waals surface area contributed by atoms with Crippen LogP contribution in [0.5, 0.6) is 0 Å². The van der Waals surface area contributed by atoms with E-state index < -0.39 is 0 Å². The first-order valence-corrected chi connectivity index (χ1v) is 4.07. The van der Waals surface area contributed by atoms with Crippen molar-refractivity contribution in [1.82, 2.24) is 0 Å². The van der Waals surface area contributed by atoms with Crippen molar-refractivity contribution in [1.29, 1.82) is 0 Å². The van der Waals surface area contributed by atoms with Crippen LogP contribution in [-0.4, -0.2) is 19.8 Å². The van der Waals surface area contributed by atoms with Crippen LogP contribution in [0.3, 0.4) is 0 Å². The monoisotopic (exact) mass is 143 g/mol. The lowest BCUT2D eigenvalue weighted by Crippen LogP contribution is -2.27. The Balaban J connectivity index is 2.13. The molecule has 0 aromatic carbocycles. The summed E-state index contributed by atoms with van der Waals surface area (Å²) in [6.45, 7) is 0.923. The number of hydrogen-bond acceptors (Lipinski definition) is 2. The summed E-state index contributed by atoms with van der Waals surface area (Å²) >= 11 is 0. The third kappa shape index (κ3) is 2.27. The van der Waals surface area contributed by atoms with Crippen molar-refractivity contribution >= 4 is 0 Å². The Morgan fingerprint density at radius 3 is 2.40 bits per heavy atom. The van der Waals surface area contributed by atoms with Gasteiger partial charge in [-0.2, -0.15) is 0 Å². The number of hydrogen-bond donors (Lipinski definition) is 1. The highest BCUT2D eigenvalue weighted by molar-refractivity contribution is 4.73. The van der Waals surface area contributed by atoms with Gasteiger partial charge in [-0.25, -0.2) is 0 Å². The van der Waals surface area contributed by atoms with Gasteiger partial charge in [-0.3, -0.25) is 0 Å². The molecule has 60 valence electrons. The SMILES string of the molecule is COC[C@H]1CC[C@@H](N)CC1. The maximum absolute atomic E-state index is 5.75. The summed E-state index contributed by atoms with van der Waals surface area (Å²) in [5, 5.41) is 0. The molecule has 1 rings (SSSR count). The van der Waals surface area contributed by atoms with E-state index in [-0.39, 0.29) is 0 Å². The minimum atomic E-state index is 0.466. The van der Waals surface area contributed by atoms with E-state index in [1.54, 1.807) is 7.11 Å². The number of methoxy groups -OCH3 is 1. The molecule has 0 spiro atoms. The number of rotatable bonds is 2. The molecular formula is C8H17NO. The third-order valence-corrected chi connectivity index (χ3v) is 2.29. The van der Waals surface area contributed by atoms with Gasteiger partial charge < -0.3 is 10.5 Å². The lowest BCUT2D eigenvalue weighted by atomic mass is 9.87. The molecule has 0 aliphatic heterocycles. The fraction of sp³-hybridized carbons (Fsp3) is 1.00. The average Bonchev–Trinajstić information content (AvgIpc) is 1.95. The molecule has 0 aromatic heterocycles. The van der Waals surface area contributed by atoms with E-state index in [0.717, 1.165) is 12.5 Å². The van der Waals surface area contributed by atoms with Crippen LogP contribution in [0.1, 0.15) is 25.7 Å². The molecule has 0 heterocycles. The Labute approximate surface area is 62.7 Å². The molecule has 0 bridgehead atoms. The molecule has 1 fully saturated rings. The Morgan fingerprint density at radius 1 is 1.30 bits per heavy atom. The molecule has 0 amide bonds. The van der Waals surface area contributed by atoms with Crippen molar-refractivity contribution in [3.8, 4) is 0 Å². The van der Waals surface area contributed by atoms with Crippen molar-refractivity contribution in [3.05, 3.63) is 0 Å². The van der Waals surface area contributed by atoms with E-state index in [1.165, 1.54) is 25.7 Å². The van der Waals surface area contributed by atoms with Crippen LogP contribution in [0.25, 0.3) is 0 Å². The van der Waals surface area contributed by atoms with Gasteiger partial charge in [0.05, 0.1) is 0 Å². The Morgan fingerprint density at radius 2 is 1.90 bits per heavy atom. The van der Waals surface area contributed by atoms with Crippen LogP contribution in [-0.2, 0) is 4.74 Å². The minimum absolute atomic E-state index is 0.466. The van der Waals surface area contributed by atoms with Crippen LogP contribution in [0.4, 0.5) is 0 Å². The molecule has 1 saturated carbocycles. The van der Waals surface area contributed by atoms with E-state index in [9.17, 15) is 0 Å². The highest BCUT2D eigenvalue weighted by Gasteiger charge is 2.17. The van der Waals surface area contributed by atoms with E-state index >= 15 is 0 Å². The lowest BCUT2D eigenvalue weighted by Gasteiger charge is -2.25. The molecule has 2 heteroatoms. The van der Waals surface area contributed by atoms with Crippen molar-refractivity contribution in [2.45, 2.75) is 31.7 Å². The van der Waals surface area contributed by atoms with Gasteiger partial charge in [0.25, 0.3) is 0 Å². The van der Waals surface area contributed by atoms with Crippen LogP contribution in [0.2, 0.25) is 0 Å². The summed E-state index contributed by atoms with van der Waals surface area (Å²) in [6.07, 6.45) is 4.89. The van der Waals surface area contributed by atoms with Gasteiger partial charge in [0, 0.05) is 19.8 Å². The first-order valence-electron chi connectivity index (χ1n) is 4.07. The summed E-state index contributed by atoms with van der Waals surface area (Å²) in [5.41, 5.74) is 5.75. The molecule has 0 radical (unpaired) electrons. The standard InChI is InChI=1S/C8H17NO/c1-10-6-7-2-4-8(9)5-3-7/h7-8H,2-6,9H2,1H3/t7-,8+. The predicted octanol–water partition coefficient (Wildman–Crippen LogP) is 1.15. The van der Waals surface area contributed by atoms with Gasteiger partial charge in [-0.1, -0.05) is 0 Å². The van der Waals surface area contributed by atoms with Gasteiger partial charge in [0.15, 0.2) is 0 Å². The lowest BCUT2D eigenvalue weighted by molar-refractivity contribution is 0.127. The second kappa shape index (κ2) is 3.94. The predicted molar refractivity (Wildman–Crippen MR) is 41.8 cm³/mol. The van der Waals surface area contributed by atoms with Gasteiger partial charge in [-0.15, -0.1) is 0 Å².